The number of hydrogen-bond acceptors (Lipinski definition) is 5. The highest BCUT2D eigenvalue weighted by Gasteiger charge is 2.14. The average Bonchev–Trinajstić information content (AvgIpc) is 3.25. The molecule has 25 heavy (non-hydrogen) atoms. The standard InChI is InChI=1S/C17H20N6O2/c1-12(2)23-17(18-11-20-23)21-16(24)14-8-19-22(10-14)9-13-4-6-15(25-3)7-5-13/h4-8,10-12H,9H2,1-3H3,(H,18,20,21,24). The molecule has 0 aliphatic heterocycles. The third kappa shape index (κ3) is 3.85. The van der Waals surface area contributed by atoms with Crippen molar-refractivity contribution in [2.75, 3.05) is 12.4 Å². The predicted octanol–water partition coefficient (Wildman–Crippen LogP) is 2.36. The summed E-state index contributed by atoms with van der Waals surface area (Å²) in [7, 11) is 1.63. The number of nitrogens with zero attached hydrogens (tertiary/aromatic N) is 5. The summed E-state index contributed by atoms with van der Waals surface area (Å²) in [6, 6.07) is 7.82. The molecular formula is C17H20N6O2. The lowest BCUT2D eigenvalue weighted by atomic mass is 10.2. The van der Waals surface area contributed by atoms with Crippen molar-refractivity contribution >= 4 is 11.9 Å². The van der Waals surface area contributed by atoms with E-state index in [2.05, 4.69) is 20.5 Å². The maximum absolute atomic E-state index is 12.4. The van der Waals surface area contributed by atoms with Crippen LogP contribution in [0.2, 0.25) is 0 Å². The summed E-state index contributed by atoms with van der Waals surface area (Å²) in [5.41, 5.74) is 1.53. The summed E-state index contributed by atoms with van der Waals surface area (Å²) in [6.07, 6.45) is 4.66. The van der Waals surface area contributed by atoms with Gasteiger partial charge < -0.3 is 4.74 Å². The van der Waals surface area contributed by atoms with Crippen molar-refractivity contribution in [1.82, 2.24) is 24.5 Å². The molecule has 0 radical (unpaired) electrons. The number of hydrogen-bond donors (Lipinski definition) is 1. The Morgan fingerprint density at radius 3 is 2.68 bits per heavy atom. The number of aromatic nitrogens is 5. The van der Waals surface area contributed by atoms with Crippen molar-refractivity contribution in [3.05, 3.63) is 54.1 Å². The summed E-state index contributed by atoms with van der Waals surface area (Å²) < 4.78 is 8.51. The second-order valence-corrected chi connectivity index (χ2v) is 5.85. The van der Waals surface area contributed by atoms with E-state index in [1.54, 1.807) is 22.7 Å². The van der Waals surface area contributed by atoms with Gasteiger partial charge in [-0.05, 0) is 31.5 Å². The van der Waals surface area contributed by atoms with Crippen LogP contribution >= 0.6 is 0 Å². The lowest BCUT2D eigenvalue weighted by Crippen LogP contribution is -2.17. The normalized spacial score (nSPS) is 10.9. The van der Waals surface area contributed by atoms with Crippen molar-refractivity contribution in [2.45, 2.75) is 26.4 Å². The molecule has 3 rings (SSSR count). The monoisotopic (exact) mass is 340 g/mol. The highest BCUT2D eigenvalue weighted by molar-refractivity contribution is 6.03. The molecule has 0 aliphatic carbocycles. The van der Waals surface area contributed by atoms with E-state index in [1.807, 2.05) is 38.1 Å². The second-order valence-electron chi connectivity index (χ2n) is 5.85. The molecule has 0 spiro atoms. The number of ether oxygens (including phenoxy) is 1. The topological polar surface area (TPSA) is 86.9 Å². The Kier molecular flexibility index (Phi) is 4.78. The molecule has 1 aromatic carbocycles. The SMILES string of the molecule is COc1ccc(Cn2cc(C(=O)Nc3ncnn3C(C)C)cn2)cc1. The Labute approximate surface area is 145 Å². The Morgan fingerprint density at radius 1 is 1.24 bits per heavy atom. The summed E-state index contributed by atoms with van der Waals surface area (Å²) >= 11 is 0. The van der Waals surface area contributed by atoms with Crippen molar-refractivity contribution in [3.63, 3.8) is 0 Å². The van der Waals surface area contributed by atoms with E-state index in [0.717, 1.165) is 11.3 Å². The first-order chi connectivity index (χ1) is 12.1. The molecule has 8 heteroatoms. The first-order valence-electron chi connectivity index (χ1n) is 7.93. The Morgan fingerprint density at radius 2 is 2.00 bits per heavy atom. The highest BCUT2D eigenvalue weighted by Crippen LogP contribution is 2.14. The number of rotatable bonds is 6. The van der Waals surface area contributed by atoms with Crippen molar-refractivity contribution in [3.8, 4) is 5.75 Å². The zero-order chi connectivity index (χ0) is 17.8. The molecule has 0 saturated carbocycles. The lowest BCUT2D eigenvalue weighted by molar-refractivity contribution is 0.102. The van der Waals surface area contributed by atoms with Gasteiger partial charge in [0.2, 0.25) is 5.95 Å². The Hall–Kier alpha value is -3.16. The molecule has 8 nitrogen and oxygen atoms in total. The molecule has 0 fully saturated rings. The van der Waals surface area contributed by atoms with E-state index >= 15 is 0 Å². The first kappa shape index (κ1) is 16.7. The van der Waals surface area contributed by atoms with Gasteiger partial charge in [-0.3, -0.25) is 14.8 Å². The summed E-state index contributed by atoms with van der Waals surface area (Å²) in [5, 5.41) is 11.1. The first-order valence-corrected chi connectivity index (χ1v) is 7.93. The van der Waals surface area contributed by atoms with E-state index in [0.29, 0.717) is 18.1 Å². The minimum atomic E-state index is -0.268. The van der Waals surface area contributed by atoms with Gasteiger partial charge in [0.1, 0.15) is 12.1 Å². The van der Waals surface area contributed by atoms with E-state index in [1.165, 1.54) is 12.5 Å². The van der Waals surface area contributed by atoms with E-state index in [-0.39, 0.29) is 11.9 Å². The van der Waals surface area contributed by atoms with Gasteiger partial charge >= 0.3 is 0 Å². The minimum Gasteiger partial charge on any atom is -0.497 e. The molecule has 0 aliphatic rings. The van der Waals surface area contributed by atoms with Gasteiger partial charge in [-0.2, -0.15) is 15.2 Å². The zero-order valence-electron chi connectivity index (χ0n) is 14.4. The lowest BCUT2D eigenvalue weighted by Gasteiger charge is -2.09. The Balaban J connectivity index is 1.67. The van der Waals surface area contributed by atoms with Gasteiger partial charge in [0.25, 0.3) is 5.91 Å². The molecule has 130 valence electrons. The van der Waals surface area contributed by atoms with E-state index in [9.17, 15) is 4.79 Å². The largest absolute Gasteiger partial charge is 0.497 e. The van der Waals surface area contributed by atoms with Crippen LogP contribution in [0, 0.1) is 0 Å². The maximum Gasteiger partial charge on any atom is 0.261 e. The van der Waals surface area contributed by atoms with Crippen LogP contribution < -0.4 is 10.1 Å². The fraction of sp³-hybridized carbons (Fsp3) is 0.294. The van der Waals surface area contributed by atoms with Crippen LogP contribution in [0.25, 0.3) is 0 Å². The molecule has 2 aromatic heterocycles. The van der Waals surface area contributed by atoms with E-state index in [4.69, 9.17) is 4.74 Å². The van der Waals surface area contributed by atoms with Crippen molar-refractivity contribution in [1.29, 1.82) is 0 Å². The maximum atomic E-state index is 12.4. The summed E-state index contributed by atoms with van der Waals surface area (Å²) in [6.45, 7) is 4.51. The number of benzene rings is 1. The van der Waals surface area contributed by atoms with Crippen LogP contribution in [0.4, 0.5) is 5.95 Å². The average molecular weight is 340 g/mol. The van der Waals surface area contributed by atoms with Gasteiger partial charge in [0.15, 0.2) is 0 Å². The molecule has 1 N–H and O–H groups in total. The van der Waals surface area contributed by atoms with E-state index < -0.39 is 0 Å². The Bertz CT molecular complexity index is 850. The van der Waals surface area contributed by atoms with Gasteiger partial charge in [-0.25, -0.2) is 4.68 Å². The molecule has 0 atom stereocenters. The summed E-state index contributed by atoms with van der Waals surface area (Å²) in [4.78, 5) is 16.4. The quantitative estimate of drug-likeness (QED) is 0.744. The molecule has 0 bridgehead atoms. The van der Waals surface area contributed by atoms with Crippen LogP contribution in [-0.2, 0) is 6.54 Å². The number of nitrogens with one attached hydrogen (secondary N) is 1. The molecule has 0 saturated heterocycles. The predicted molar refractivity (Wildman–Crippen MR) is 92.7 cm³/mol. The van der Waals surface area contributed by atoms with Crippen LogP contribution in [-0.4, -0.2) is 37.6 Å². The summed E-state index contributed by atoms with van der Waals surface area (Å²) in [5.74, 6) is 0.956. The number of amides is 1. The number of anilines is 1. The van der Waals surface area contributed by atoms with Crippen LogP contribution in [0.15, 0.2) is 43.0 Å². The van der Waals surface area contributed by atoms with Gasteiger partial charge in [0, 0.05) is 6.20 Å². The molecular weight excluding hydrogens is 320 g/mol. The number of carbonyl (C=O) groups is 1. The van der Waals surface area contributed by atoms with Crippen LogP contribution in [0.5, 0.6) is 5.75 Å². The smallest absolute Gasteiger partial charge is 0.261 e. The highest BCUT2D eigenvalue weighted by atomic mass is 16.5. The fourth-order valence-corrected chi connectivity index (χ4v) is 2.38. The molecule has 2 heterocycles. The van der Waals surface area contributed by atoms with Gasteiger partial charge in [-0.15, -0.1) is 0 Å². The minimum absolute atomic E-state index is 0.107. The second kappa shape index (κ2) is 7.16. The molecule has 3 aromatic rings. The van der Waals surface area contributed by atoms with Crippen molar-refractivity contribution < 1.29 is 9.53 Å². The zero-order valence-corrected chi connectivity index (χ0v) is 14.4. The van der Waals surface area contributed by atoms with Gasteiger partial charge in [-0.1, -0.05) is 12.1 Å². The number of methoxy groups -OCH3 is 1. The number of carbonyl (C=O) groups excluding carboxylic acids is 1. The molecule has 0 unspecified atom stereocenters. The van der Waals surface area contributed by atoms with Crippen LogP contribution in [0.1, 0.15) is 35.8 Å². The molecule has 1 amide bonds. The third-order valence-electron chi connectivity index (χ3n) is 3.69. The van der Waals surface area contributed by atoms with Crippen molar-refractivity contribution in [2.24, 2.45) is 0 Å². The third-order valence-corrected chi connectivity index (χ3v) is 3.69. The van der Waals surface area contributed by atoms with Gasteiger partial charge in [0.05, 0.1) is 31.5 Å². The van der Waals surface area contributed by atoms with Crippen LogP contribution in [0.3, 0.4) is 0 Å². The fourth-order valence-electron chi connectivity index (χ4n) is 2.38.